The second kappa shape index (κ2) is 7.06. The van der Waals surface area contributed by atoms with Crippen LogP contribution < -0.4 is 9.47 Å². The molecule has 25 heavy (non-hydrogen) atoms. The van der Waals surface area contributed by atoms with Gasteiger partial charge in [-0.2, -0.15) is 0 Å². The molecule has 2 aromatic rings. The highest BCUT2D eigenvalue weighted by atomic mass is 16.5. The third-order valence-corrected chi connectivity index (χ3v) is 5.35. The van der Waals surface area contributed by atoms with Gasteiger partial charge in [0.25, 0.3) is 0 Å². The van der Waals surface area contributed by atoms with Crippen LogP contribution in [0.5, 0.6) is 11.5 Å². The van der Waals surface area contributed by atoms with Gasteiger partial charge in [0.05, 0.1) is 14.2 Å². The smallest absolute Gasteiger partial charge is 0.150 e. The summed E-state index contributed by atoms with van der Waals surface area (Å²) in [7, 11) is 3.15. The van der Waals surface area contributed by atoms with E-state index in [4.69, 9.17) is 9.47 Å². The lowest BCUT2D eigenvalue weighted by Crippen LogP contribution is -2.54. The molecule has 0 atom stereocenters. The van der Waals surface area contributed by atoms with Gasteiger partial charge in [-0.25, -0.2) is 0 Å². The molecule has 1 aliphatic rings. The highest BCUT2D eigenvalue weighted by molar-refractivity contribution is 5.52. The Morgan fingerprint density at radius 2 is 1.24 bits per heavy atom. The van der Waals surface area contributed by atoms with Crippen LogP contribution in [0.2, 0.25) is 0 Å². The maximum absolute atomic E-state index is 12.1. The third-order valence-electron chi connectivity index (χ3n) is 5.35. The van der Waals surface area contributed by atoms with E-state index in [0.29, 0.717) is 35.5 Å². The van der Waals surface area contributed by atoms with Crippen molar-refractivity contribution in [2.75, 3.05) is 14.2 Å². The normalized spacial score (nSPS) is 17.1. The summed E-state index contributed by atoms with van der Waals surface area (Å²) >= 11 is 0. The van der Waals surface area contributed by atoms with E-state index in [-0.39, 0.29) is 0 Å². The highest BCUT2D eigenvalue weighted by Gasteiger charge is 2.54. The van der Waals surface area contributed by atoms with Gasteiger partial charge in [0.15, 0.2) is 5.60 Å². The van der Waals surface area contributed by atoms with Crippen molar-refractivity contribution < 1.29 is 19.7 Å². The van der Waals surface area contributed by atoms with E-state index in [1.54, 1.807) is 14.2 Å². The van der Waals surface area contributed by atoms with Crippen molar-refractivity contribution >= 4 is 0 Å². The number of aliphatic hydroxyl groups is 2. The van der Waals surface area contributed by atoms with Crippen molar-refractivity contribution in [2.24, 2.45) is 0 Å². The van der Waals surface area contributed by atoms with E-state index in [0.717, 1.165) is 19.3 Å². The van der Waals surface area contributed by atoms with Crippen LogP contribution in [-0.2, 0) is 5.60 Å². The summed E-state index contributed by atoms with van der Waals surface area (Å²) in [5, 5.41) is 23.6. The lowest BCUT2D eigenvalue weighted by Gasteiger charge is -2.47. The predicted molar refractivity (Wildman–Crippen MR) is 97.0 cm³/mol. The summed E-state index contributed by atoms with van der Waals surface area (Å²) in [5.41, 5.74) is -1.78. The van der Waals surface area contributed by atoms with Crippen LogP contribution >= 0.6 is 0 Å². The molecule has 0 radical (unpaired) electrons. The predicted octanol–water partition coefficient (Wildman–Crippen LogP) is 3.63. The lowest BCUT2D eigenvalue weighted by atomic mass is 9.66. The van der Waals surface area contributed by atoms with Gasteiger partial charge in [0, 0.05) is 11.1 Å². The Hall–Kier alpha value is -2.04. The summed E-state index contributed by atoms with van der Waals surface area (Å²) < 4.78 is 11.0. The van der Waals surface area contributed by atoms with Gasteiger partial charge in [-0.3, -0.25) is 0 Å². The minimum atomic E-state index is -1.62. The first-order valence-corrected chi connectivity index (χ1v) is 8.78. The molecule has 3 rings (SSSR count). The molecule has 0 unspecified atom stereocenters. The van der Waals surface area contributed by atoms with Crippen LogP contribution in [0.1, 0.15) is 43.2 Å². The van der Waals surface area contributed by atoms with E-state index < -0.39 is 11.2 Å². The molecule has 0 saturated heterocycles. The Labute approximate surface area is 149 Å². The molecule has 4 nitrogen and oxygen atoms in total. The number of rotatable bonds is 5. The molecule has 2 N–H and O–H groups in total. The fraction of sp³-hybridized carbons (Fsp3) is 0.429. The van der Waals surface area contributed by atoms with Crippen LogP contribution in [0.4, 0.5) is 0 Å². The minimum absolute atomic E-state index is 0.527. The molecular weight excluding hydrogens is 316 g/mol. The van der Waals surface area contributed by atoms with Crippen molar-refractivity contribution in [3.05, 3.63) is 59.7 Å². The Kier molecular flexibility index (Phi) is 5.02. The second-order valence-corrected chi connectivity index (χ2v) is 6.70. The summed E-state index contributed by atoms with van der Waals surface area (Å²) in [5.74, 6) is 1.10. The summed E-state index contributed by atoms with van der Waals surface area (Å²) in [6.07, 6.45) is 3.88. The van der Waals surface area contributed by atoms with Gasteiger partial charge >= 0.3 is 0 Å². The van der Waals surface area contributed by atoms with Gasteiger partial charge in [0.1, 0.15) is 17.1 Å². The molecule has 2 aromatic carbocycles. The average Bonchev–Trinajstić information content (AvgIpc) is 2.67. The highest BCUT2D eigenvalue weighted by Crippen LogP contribution is 2.51. The van der Waals surface area contributed by atoms with E-state index in [1.165, 1.54) is 0 Å². The molecule has 0 aromatic heterocycles. The Morgan fingerprint density at radius 3 is 1.68 bits per heavy atom. The van der Waals surface area contributed by atoms with Crippen molar-refractivity contribution in [1.29, 1.82) is 0 Å². The van der Waals surface area contributed by atoms with E-state index in [9.17, 15) is 10.2 Å². The van der Waals surface area contributed by atoms with Crippen LogP contribution in [0.3, 0.4) is 0 Å². The molecule has 1 fully saturated rings. The first-order chi connectivity index (χ1) is 12.1. The van der Waals surface area contributed by atoms with Crippen LogP contribution in [0.15, 0.2) is 48.5 Å². The number of hydrogen-bond donors (Lipinski definition) is 2. The molecule has 1 aliphatic carbocycles. The molecule has 1 saturated carbocycles. The Morgan fingerprint density at radius 1 is 0.800 bits per heavy atom. The van der Waals surface area contributed by atoms with Gasteiger partial charge in [-0.1, -0.05) is 55.7 Å². The van der Waals surface area contributed by atoms with Crippen molar-refractivity contribution in [2.45, 2.75) is 43.3 Å². The molecule has 134 valence electrons. The van der Waals surface area contributed by atoms with Crippen LogP contribution in [0.25, 0.3) is 0 Å². The summed E-state index contributed by atoms with van der Waals surface area (Å²) in [6, 6.07) is 14.7. The number of methoxy groups -OCH3 is 2. The fourth-order valence-corrected chi connectivity index (χ4v) is 4.03. The van der Waals surface area contributed by atoms with Gasteiger partial charge in [-0.15, -0.1) is 0 Å². The summed E-state index contributed by atoms with van der Waals surface area (Å²) in [6.45, 7) is 0. The Balaban J connectivity index is 2.28. The maximum atomic E-state index is 12.1. The van der Waals surface area contributed by atoms with Gasteiger partial charge in [-0.05, 0) is 25.0 Å². The molecular formula is C21H26O4. The van der Waals surface area contributed by atoms with E-state index in [2.05, 4.69) is 0 Å². The first kappa shape index (κ1) is 17.8. The third kappa shape index (κ3) is 2.90. The molecule has 0 bridgehead atoms. The van der Waals surface area contributed by atoms with Crippen molar-refractivity contribution in [3.8, 4) is 11.5 Å². The topological polar surface area (TPSA) is 58.9 Å². The van der Waals surface area contributed by atoms with Crippen molar-refractivity contribution in [1.82, 2.24) is 0 Å². The number of hydrogen-bond acceptors (Lipinski definition) is 4. The van der Waals surface area contributed by atoms with Gasteiger partial charge < -0.3 is 19.7 Å². The monoisotopic (exact) mass is 342 g/mol. The number of ether oxygens (including phenoxy) is 2. The van der Waals surface area contributed by atoms with Gasteiger partial charge in [0.2, 0.25) is 0 Å². The molecule has 4 heteroatoms. The molecule has 0 heterocycles. The largest absolute Gasteiger partial charge is 0.496 e. The number of para-hydroxylation sites is 2. The molecule has 0 amide bonds. The average molecular weight is 342 g/mol. The number of benzene rings is 2. The standard InChI is InChI=1S/C21H26O4/c1-24-18-12-6-4-10-16(18)21(23,20(22)14-8-3-9-15-20)17-11-5-7-13-19(17)25-2/h4-7,10-13,22-23H,3,8-9,14-15H2,1-2H3. The van der Waals surface area contributed by atoms with Crippen LogP contribution in [-0.4, -0.2) is 30.0 Å². The lowest BCUT2D eigenvalue weighted by molar-refractivity contribution is -0.152. The van der Waals surface area contributed by atoms with Crippen LogP contribution in [0, 0.1) is 0 Å². The Bertz CT molecular complexity index is 672. The molecule has 0 spiro atoms. The summed E-state index contributed by atoms with van der Waals surface area (Å²) in [4.78, 5) is 0. The zero-order chi connectivity index (χ0) is 17.9. The second-order valence-electron chi connectivity index (χ2n) is 6.70. The maximum Gasteiger partial charge on any atom is 0.150 e. The quantitative estimate of drug-likeness (QED) is 0.871. The zero-order valence-electron chi connectivity index (χ0n) is 14.9. The van der Waals surface area contributed by atoms with E-state index >= 15 is 0 Å². The SMILES string of the molecule is COc1ccccc1C(O)(c1ccccc1OC)C1(O)CCCCC1. The fourth-order valence-electron chi connectivity index (χ4n) is 4.03. The first-order valence-electron chi connectivity index (χ1n) is 8.78. The zero-order valence-corrected chi connectivity index (χ0v) is 14.9. The minimum Gasteiger partial charge on any atom is -0.496 e. The van der Waals surface area contributed by atoms with E-state index in [1.807, 2.05) is 48.5 Å². The van der Waals surface area contributed by atoms with Crippen molar-refractivity contribution in [3.63, 3.8) is 0 Å². The molecule has 0 aliphatic heterocycles.